The van der Waals surface area contributed by atoms with Crippen LogP contribution in [0.25, 0.3) is 11.8 Å². The summed E-state index contributed by atoms with van der Waals surface area (Å²) in [5, 5.41) is 2.80. The largest absolute Gasteiger partial charge is 0.490 e. The molecule has 0 spiro atoms. The highest BCUT2D eigenvalue weighted by Gasteiger charge is 2.35. The summed E-state index contributed by atoms with van der Waals surface area (Å²) in [6.45, 7) is 8.42. The Labute approximate surface area is 316 Å². The lowest BCUT2D eigenvalue weighted by Gasteiger charge is -2.26. The first-order valence-electron chi connectivity index (χ1n) is 17.8. The second kappa shape index (κ2) is 17.6. The first-order chi connectivity index (χ1) is 26.3. The van der Waals surface area contributed by atoms with Crippen LogP contribution in [0.2, 0.25) is 0 Å². The Bertz CT molecular complexity index is 2330. The van der Waals surface area contributed by atoms with Gasteiger partial charge in [-0.2, -0.15) is 0 Å². The van der Waals surface area contributed by atoms with E-state index in [2.05, 4.69) is 5.32 Å². The van der Waals surface area contributed by atoms with Crippen molar-refractivity contribution in [2.75, 3.05) is 38.4 Å². The number of aromatic nitrogens is 1. The van der Waals surface area contributed by atoms with Gasteiger partial charge in [0.2, 0.25) is 0 Å². The van der Waals surface area contributed by atoms with Gasteiger partial charge in [0.05, 0.1) is 48.3 Å². The van der Waals surface area contributed by atoms with Gasteiger partial charge in [-0.15, -0.1) is 0 Å². The number of ether oxygens (including phenoxy) is 5. The summed E-state index contributed by atoms with van der Waals surface area (Å²) in [6, 6.07) is 28.2. The fourth-order valence-corrected chi connectivity index (χ4v) is 7.01. The molecule has 1 atom stereocenters. The van der Waals surface area contributed by atoms with Crippen molar-refractivity contribution in [3.05, 3.63) is 139 Å². The fourth-order valence-electron chi connectivity index (χ4n) is 6.01. The average Bonchev–Trinajstić information content (AvgIpc) is 3.49. The minimum absolute atomic E-state index is 0.134. The maximum Gasteiger partial charge on any atom is 0.338 e. The van der Waals surface area contributed by atoms with Crippen LogP contribution in [-0.2, 0) is 14.3 Å². The quantitative estimate of drug-likeness (QED) is 0.127. The van der Waals surface area contributed by atoms with Crippen LogP contribution in [0, 0.1) is 0 Å². The minimum atomic E-state index is -0.899. The lowest BCUT2D eigenvalue weighted by atomic mass is 9.93. The van der Waals surface area contributed by atoms with E-state index >= 15 is 0 Å². The summed E-state index contributed by atoms with van der Waals surface area (Å²) in [5.74, 6) is 0.935. The zero-order valence-electron chi connectivity index (χ0n) is 30.5. The number of amides is 1. The van der Waals surface area contributed by atoms with Crippen molar-refractivity contribution < 1.29 is 33.3 Å². The molecule has 278 valence electrons. The molecule has 1 aliphatic heterocycles. The van der Waals surface area contributed by atoms with Crippen LogP contribution in [0.5, 0.6) is 23.0 Å². The molecular weight excluding hydrogens is 707 g/mol. The Morgan fingerprint density at radius 2 is 1.39 bits per heavy atom. The van der Waals surface area contributed by atoms with E-state index in [4.69, 9.17) is 28.7 Å². The van der Waals surface area contributed by atoms with Crippen molar-refractivity contribution in [3.63, 3.8) is 0 Å². The maximum atomic E-state index is 14.5. The molecule has 0 aliphatic carbocycles. The molecule has 0 saturated heterocycles. The maximum absolute atomic E-state index is 14.5. The summed E-state index contributed by atoms with van der Waals surface area (Å²) >= 11 is 1.21. The second-order valence-corrected chi connectivity index (χ2v) is 12.9. The number of nitrogens with one attached hydrogen (secondary N) is 1. The van der Waals surface area contributed by atoms with E-state index < -0.39 is 12.0 Å². The van der Waals surface area contributed by atoms with Crippen LogP contribution >= 0.6 is 11.3 Å². The van der Waals surface area contributed by atoms with E-state index in [0.717, 1.165) is 0 Å². The normalized spacial score (nSPS) is 13.8. The van der Waals surface area contributed by atoms with Gasteiger partial charge in [-0.1, -0.05) is 72.0 Å². The van der Waals surface area contributed by atoms with Crippen LogP contribution in [0.4, 0.5) is 5.69 Å². The first-order valence-corrected chi connectivity index (χ1v) is 18.6. The molecule has 0 saturated carbocycles. The lowest BCUT2D eigenvalue weighted by molar-refractivity contribution is -0.138. The van der Waals surface area contributed by atoms with Crippen LogP contribution in [0.3, 0.4) is 0 Å². The monoisotopic (exact) mass is 747 g/mol. The number of fused-ring (bicyclic) bond motifs is 1. The number of nitrogens with zero attached hydrogens (tertiary/aromatic N) is 2. The number of benzene rings is 4. The molecule has 1 unspecified atom stereocenters. The summed E-state index contributed by atoms with van der Waals surface area (Å²) < 4.78 is 31.0. The van der Waals surface area contributed by atoms with Gasteiger partial charge >= 0.3 is 5.97 Å². The van der Waals surface area contributed by atoms with Crippen molar-refractivity contribution in [2.24, 2.45) is 4.99 Å². The molecule has 0 fully saturated rings. The number of rotatable bonds is 15. The highest BCUT2D eigenvalue weighted by molar-refractivity contribution is 7.07. The average molecular weight is 748 g/mol. The van der Waals surface area contributed by atoms with E-state index in [9.17, 15) is 14.4 Å². The van der Waals surface area contributed by atoms with E-state index in [1.165, 1.54) is 15.9 Å². The highest BCUT2D eigenvalue weighted by Crippen LogP contribution is 2.39. The molecule has 12 heteroatoms. The van der Waals surface area contributed by atoms with Crippen LogP contribution in [-0.4, -0.2) is 49.5 Å². The zero-order chi connectivity index (χ0) is 38.0. The molecule has 1 N–H and O–H groups in total. The number of carbonyl (C=O) groups excluding carboxylic acids is 2. The van der Waals surface area contributed by atoms with E-state index in [1.807, 2.05) is 75.4 Å². The molecule has 11 nitrogen and oxygen atoms in total. The molecule has 1 aliphatic rings. The van der Waals surface area contributed by atoms with Gasteiger partial charge in [-0.05, 0) is 81.3 Å². The number of anilines is 1. The first kappa shape index (κ1) is 37.6. The highest BCUT2D eigenvalue weighted by atomic mass is 32.1. The Kier molecular flexibility index (Phi) is 12.2. The van der Waals surface area contributed by atoms with Gasteiger partial charge in [0.25, 0.3) is 11.5 Å². The van der Waals surface area contributed by atoms with E-state index in [1.54, 1.807) is 55.5 Å². The smallest absolute Gasteiger partial charge is 0.338 e. The number of esters is 1. The minimum Gasteiger partial charge on any atom is -0.490 e. The third kappa shape index (κ3) is 8.39. The molecule has 2 heterocycles. The van der Waals surface area contributed by atoms with Crippen LogP contribution in [0.15, 0.2) is 112 Å². The van der Waals surface area contributed by atoms with Gasteiger partial charge in [0.15, 0.2) is 34.4 Å². The van der Waals surface area contributed by atoms with Crippen molar-refractivity contribution in [1.82, 2.24) is 4.57 Å². The molecule has 0 radical (unpaired) electrons. The molecule has 0 bridgehead atoms. The van der Waals surface area contributed by atoms with Crippen LogP contribution in [0.1, 0.15) is 50.4 Å². The fraction of sp³-hybridized carbons (Fsp3) is 0.238. The SMILES string of the molecule is CCOC(=O)C1=C(c2ccccc2)N=c2sc(=Cc3ccc(OCC(=O)Nc4ccccc4)c(OCC)c3)c(=O)n2C1c1ccc(OCC)c(OCC)c1. The number of hydrogen-bond donors (Lipinski definition) is 1. The van der Waals surface area contributed by atoms with E-state index in [0.29, 0.717) is 80.2 Å². The molecule has 1 aromatic heterocycles. The zero-order valence-corrected chi connectivity index (χ0v) is 31.3. The summed E-state index contributed by atoms with van der Waals surface area (Å²) in [5.41, 5.74) is 2.94. The van der Waals surface area contributed by atoms with Crippen molar-refractivity contribution in [1.29, 1.82) is 0 Å². The van der Waals surface area contributed by atoms with E-state index in [-0.39, 0.29) is 30.3 Å². The van der Waals surface area contributed by atoms with Crippen molar-refractivity contribution in [3.8, 4) is 23.0 Å². The summed E-state index contributed by atoms with van der Waals surface area (Å²) in [7, 11) is 0. The summed E-state index contributed by atoms with van der Waals surface area (Å²) in [4.78, 5) is 46.3. The Hall–Kier alpha value is -6.14. The second-order valence-electron chi connectivity index (χ2n) is 11.8. The predicted molar refractivity (Wildman–Crippen MR) is 208 cm³/mol. The van der Waals surface area contributed by atoms with Crippen molar-refractivity contribution >= 4 is 40.7 Å². The topological polar surface area (TPSA) is 127 Å². The number of carbonyl (C=O) groups is 2. The van der Waals surface area contributed by atoms with Crippen LogP contribution < -0.4 is 39.2 Å². The molecule has 4 aromatic carbocycles. The number of para-hydroxylation sites is 1. The third-order valence-corrected chi connectivity index (χ3v) is 9.22. The number of hydrogen-bond acceptors (Lipinski definition) is 10. The van der Waals surface area contributed by atoms with Gasteiger partial charge < -0.3 is 29.0 Å². The van der Waals surface area contributed by atoms with Gasteiger partial charge in [-0.3, -0.25) is 14.2 Å². The Morgan fingerprint density at radius 1 is 0.759 bits per heavy atom. The standard InChI is InChI=1S/C42H41N3O8S/c1-5-49-31-22-20-29(25-34(31)51-7-3)39-37(41(48)52-8-4)38(28-15-11-9-12-16-28)44-42-45(39)40(47)35(54-42)24-27-19-21-32(33(23-27)50-6-2)53-26-36(46)43-30-17-13-10-14-18-30/h9-25,39H,5-8,26H2,1-4H3,(H,43,46). The molecular formula is C42H41N3O8S. The Morgan fingerprint density at radius 3 is 2.07 bits per heavy atom. The third-order valence-electron chi connectivity index (χ3n) is 8.24. The van der Waals surface area contributed by atoms with Gasteiger partial charge in [0, 0.05) is 11.3 Å². The van der Waals surface area contributed by atoms with Gasteiger partial charge in [-0.25, -0.2) is 9.79 Å². The number of thiazole rings is 1. The molecule has 6 rings (SSSR count). The summed E-state index contributed by atoms with van der Waals surface area (Å²) in [6.07, 6.45) is 1.75. The van der Waals surface area contributed by atoms with Gasteiger partial charge in [0.1, 0.15) is 0 Å². The van der Waals surface area contributed by atoms with Crippen molar-refractivity contribution in [2.45, 2.75) is 33.7 Å². The molecule has 54 heavy (non-hydrogen) atoms. The predicted octanol–water partition coefficient (Wildman–Crippen LogP) is 6.15. The molecule has 1 amide bonds. The lowest BCUT2D eigenvalue weighted by Crippen LogP contribution is -2.40. The molecule has 5 aromatic rings. The Balaban J connectivity index is 1.45.